The molecule has 0 atom stereocenters. The molecule has 0 heterocycles. The predicted molar refractivity (Wildman–Crippen MR) is 127 cm³/mol. The molecule has 0 aromatic heterocycles. The van der Waals surface area contributed by atoms with Crippen LogP contribution in [0.15, 0.2) is 121 Å². The van der Waals surface area contributed by atoms with Crippen molar-refractivity contribution in [3.63, 3.8) is 0 Å². The first-order valence-electron chi connectivity index (χ1n) is 9.57. The molecule has 0 fully saturated rings. The van der Waals surface area contributed by atoms with Gasteiger partial charge in [0.25, 0.3) is 0 Å². The van der Waals surface area contributed by atoms with Gasteiger partial charge in [0.05, 0.1) is 0 Å². The summed E-state index contributed by atoms with van der Waals surface area (Å²) in [5.74, 6) is -1.71. The molecule has 0 nitrogen and oxygen atoms in total. The van der Waals surface area contributed by atoms with Gasteiger partial charge in [0.1, 0.15) is 0 Å². The first kappa shape index (κ1) is 23.3. The van der Waals surface area contributed by atoms with Crippen molar-refractivity contribution in [3.8, 4) is 0 Å². The summed E-state index contributed by atoms with van der Waals surface area (Å²) in [7, 11) is -6.00. The van der Waals surface area contributed by atoms with Crippen molar-refractivity contribution in [2.45, 2.75) is 0 Å². The molecule has 0 radical (unpaired) electrons. The number of hydrogen-bond acceptors (Lipinski definition) is 0. The Balaban J connectivity index is 0.000000491. The van der Waals surface area contributed by atoms with Crippen LogP contribution < -0.4 is 20.4 Å². The van der Waals surface area contributed by atoms with Crippen LogP contribution in [0, 0.1) is 0 Å². The molecule has 0 saturated heterocycles. The van der Waals surface area contributed by atoms with Crippen LogP contribution in [0.3, 0.4) is 0 Å². The second-order valence-electron chi connectivity index (χ2n) is 6.52. The van der Waals surface area contributed by atoms with Crippen LogP contribution in [0.1, 0.15) is 0 Å². The summed E-state index contributed by atoms with van der Waals surface area (Å²) in [6, 6.07) is 44.3. The summed E-state index contributed by atoms with van der Waals surface area (Å²) >= 11 is 0.304. The summed E-state index contributed by atoms with van der Waals surface area (Å²) in [4.78, 5) is 0. The molecular weight excluding hydrogens is 485 g/mol. The number of hydrogen-bond donors (Lipinski definition) is 0. The van der Waals surface area contributed by atoms with Crippen molar-refractivity contribution in [2.24, 2.45) is 0 Å². The Bertz CT molecular complexity index is 944. The first-order valence-corrected chi connectivity index (χ1v) is 14.4. The molecule has 31 heavy (non-hydrogen) atoms. The van der Waals surface area contributed by atoms with Gasteiger partial charge in [-0.2, -0.15) is 0 Å². The van der Waals surface area contributed by atoms with Gasteiger partial charge in [0.2, 0.25) is 0 Å². The van der Waals surface area contributed by atoms with Gasteiger partial charge < -0.3 is 17.3 Å². The van der Waals surface area contributed by atoms with Gasteiger partial charge in [0.15, 0.2) is 0 Å². The van der Waals surface area contributed by atoms with E-state index in [0.29, 0.717) is 14.5 Å². The van der Waals surface area contributed by atoms with E-state index in [2.05, 4.69) is 121 Å². The molecule has 4 aromatic carbocycles. The second kappa shape index (κ2) is 10.8. The van der Waals surface area contributed by atoms with E-state index in [1.807, 2.05) is 0 Å². The number of benzene rings is 4. The minimum absolute atomic E-state index is 0.304. The number of rotatable bonds is 5. The van der Waals surface area contributed by atoms with E-state index in [0.717, 1.165) is 0 Å². The Labute approximate surface area is 186 Å². The van der Waals surface area contributed by atoms with Crippen LogP contribution in [0.25, 0.3) is 0 Å². The summed E-state index contributed by atoms with van der Waals surface area (Å²) in [6.07, 6.45) is 0. The molecule has 0 bridgehead atoms. The van der Waals surface area contributed by atoms with Gasteiger partial charge >= 0.3 is 169 Å². The number of halogens is 4. The molecule has 158 valence electrons. The van der Waals surface area contributed by atoms with Gasteiger partial charge in [-0.15, -0.1) is 0 Å². The van der Waals surface area contributed by atoms with Crippen LogP contribution in [0.4, 0.5) is 17.3 Å². The van der Waals surface area contributed by atoms with Gasteiger partial charge in [-0.1, -0.05) is 0 Å². The molecule has 0 saturated carbocycles. The molecule has 0 spiro atoms. The fourth-order valence-corrected chi connectivity index (χ4v) is 14.0. The molecule has 0 N–H and O–H groups in total. The Kier molecular flexibility index (Phi) is 8.09. The van der Waals surface area contributed by atoms with Crippen LogP contribution in [-0.2, 0) is 0 Å². The quantitative estimate of drug-likeness (QED) is 0.198. The van der Waals surface area contributed by atoms with Crippen LogP contribution >= 0.6 is 5.95 Å². The van der Waals surface area contributed by atoms with Crippen molar-refractivity contribution in [2.75, 3.05) is 0 Å². The van der Waals surface area contributed by atoms with E-state index in [9.17, 15) is 17.3 Å². The Morgan fingerprint density at radius 2 is 0.710 bits per heavy atom. The monoisotopic (exact) mass is 506 g/mol. The van der Waals surface area contributed by atoms with Gasteiger partial charge in [-0.25, -0.2) is 0 Å². The van der Waals surface area contributed by atoms with E-state index in [-0.39, 0.29) is 0 Å². The Morgan fingerprint density at radius 1 is 0.452 bits per heavy atom. The summed E-state index contributed by atoms with van der Waals surface area (Å²) < 4.78 is 40.4. The Morgan fingerprint density at radius 3 is 1.00 bits per heavy atom. The third-order valence-electron chi connectivity index (χ3n) is 4.34. The van der Waals surface area contributed by atoms with E-state index < -0.39 is 13.2 Å². The van der Waals surface area contributed by atoms with Crippen LogP contribution in [-0.4, -0.2) is 21.8 Å². The maximum atomic E-state index is 9.75. The predicted octanol–water partition coefficient (Wildman–Crippen LogP) is 5.23. The third kappa shape index (κ3) is 6.54. The minimum atomic E-state index is -6.00. The topological polar surface area (TPSA) is 0 Å². The normalized spacial score (nSPS) is 11.4. The fraction of sp³-hybridized carbons (Fsp3) is 0. The molecule has 0 amide bonds. The average molecular weight is 505 g/mol. The van der Waals surface area contributed by atoms with Gasteiger partial charge in [-0.3, -0.25) is 0 Å². The maximum absolute atomic E-state index is 9.75. The molecule has 4 aromatic rings. The van der Waals surface area contributed by atoms with Crippen LogP contribution in [0.5, 0.6) is 0 Å². The molecular formula is C24H20BF4PSe. The first-order chi connectivity index (χ1) is 14.9. The van der Waals surface area contributed by atoms with Gasteiger partial charge in [0, 0.05) is 0 Å². The molecule has 7 heteroatoms. The van der Waals surface area contributed by atoms with Crippen molar-refractivity contribution < 1.29 is 17.3 Å². The van der Waals surface area contributed by atoms with E-state index >= 15 is 0 Å². The summed E-state index contributed by atoms with van der Waals surface area (Å²) in [5, 5.41) is 4.38. The Hall–Kier alpha value is -2.39. The van der Waals surface area contributed by atoms with E-state index in [4.69, 9.17) is 0 Å². The standard InChI is InChI=1S/C24H20PSe.BF4/c1-5-13-21(14-6-1)25(22-15-7-2-8-16-22,23-17-9-3-10-18-23)26-24-19-11-4-12-20-24;2-1(3,4)5/h1-20H;/q+1;-1. The van der Waals surface area contributed by atoms with Crippen LogP contribution in [0.2, 0.25) is 0 Å². The second-order valence-corrected chi connectivity index (χ2v) is 15.1. The van der Waals surface area contributed by atoms with E-state index in [1.54, 1.807) is 0 Å². The molecule has 0 aliphatic carbocycles. The third-order valence-corrected chi connectivity index (χ3v) is 15.5. The van der Waals surface area contributed by atoms with Gasteiger partial charge in [-0.05, 0) is 0 Å². The fourth-order valence-electron chi connectivity index (χ4n) is 3.16. The van der Waals surface area contributed by atoms with Crippen molar-refractivity contribution in [1.82, 2.24) is 0 Å². The SMILES string of the molecule is F[B-](F)(F)F.c1ccc([Se][P+](c2ccccc2)(c2ccccc2)c2ccccc2)cc1. The molecule has 0 aliphatic rings. The average Bonchev–Trinajstić information content (AvgIpc) is 2.79. The van der Waals surface area contributed by atoms with E-state index in [1.165, 1.54) is 20.4 Å². The zero-order valence-corrected chi connectivity index (χ0v) is 19.1. The molecule has 0 aliphatic heterocycles. The van der Waals surface area contributed by atoms with Crippen molar-refractivity contribution in [1.29, 1.82) is 0 Å². The van der Waals surface area contributed by atoms with Crippen molar-refractivity contribution >= 4 is 48.1 Å². The zero-order chi connectivity index (χ0) is 22.2. The summed E-state index contributed by atoms with van der Waals surface area (Å²) in [5.41, 5.74) is 0. The van der Waals surface area contributed by atoms with Crippen molar-refractivity contribution in [3.05, 3.63) is 121 Å². The summed E-state index contributed by atoms with van der Waals surface area (Å²) in [6.45, 7) is 0. The molecule has 4 rings (SSSR count). The zero-order valence-electron chi connectivity index (χ0n) is 16.5. The molecule has 0 unspecified atom stereocenters.